The van der Waals surface area contributed by atoms with Gasteiger partial charge in [-0.15, -0.1) is 0 Å². The molecule has 1 heterocycles. The molecule has 0 unspecified atom stereocenters. The molecule has 0 aromatic carbocycles. The van der Waals surface area contributed by atoms with E-state index in [4.69, 9.17) is 10.5 Å². The minimum absolute atomic E-state index is 0.178. The van der Waals surface area contributed by atoms with Crippen LogP contribution in [0.3, 0.4) is 0 Å². The lowest BCUT2D eigenvalue weighted by Crippen LogP contribution is -2.25. The van der Waals surface area contributed by atoms with Crippen LogP contribution in [-0.2, 0) is 0 Å². The highest BCUT2D eigenvalue weighted by Gasteiger charge is 2.05. The van der Waals surface area contributed by atoms with Crippen LogP contribution in [0.5, 0.6) is 6.01 Å². The molecule has 1 aromatic rings. The van der Waals surface area contributed by atoms with E-state index in [1.165, 1.54) is 0 Å². The van der Waals surface area contributed by atoms with Gasteiger partial charge in [0.25, 0.3) is 0 Å². The Hall–Kier alpha value is -1.63. The van der Waals surface area contributed by atoms with Crippen LogP contribution >= 0.6 is 0 Å². The Bertz CT molecular complexity index is 383. The van der Waals surface area contributed by atoms with Gasteiger partial charge in [-0.25, -0.2) is 0 Å². The van der Waals surface area contributed by atoms with Crippen LogP contribution in [0, 0.1) is 0 Å². The number of nitrogens with two attached hydrogens (primary N) is 1. The van der Waals surface area contributed by atoms with Gasteiger partial charge in [0.1, 0.15) is 0 Å². The standard InChI is InChI=1S/C13H26N6O/c1-4-10-20-13-17-11(14)16-12(18-13)15-8-7-9-19(5-2)6-3/h4-10H2,1-3H3,(H3,14,15,16,17,18). The van der Waals surface area contributed by atoms with E-state index in [1.54, 1.807) is 0 Å². The number of aromatic nitrogens is 3. The van der Waals surface area contributed by atoms with Gasteiger partial charge >= 0.3 is 6.01 Å². The minimum atomic E-state index is 0.178. The summed E-state index contributed by atoms with van der Waals surface area (Å²) in [6.45, 7) is 10.9. The number of nitrogen functional groups attached to an aromatic ring is 1. The Morgan fingerprint density at radius 2 is 1.90 bits per heavy atom. The number of hydrogen-bond acceptors (Lipinski definition) is 7. The van der Waals surface area contributed by atoms with Crippen LogP contribution in [0.4, 0.5) is 11.9 Å². The van der Waals surface area contributed by atoms with Gasteiger partial charge in [0, 0.05) is 6.54 Å². The molecule has 1 rings (SSSR count). The minimum Gasteiger partial charge on any atom is -0.463 e. The van der Waals surface area contributed by atoms with E-state index in [1.807, 2.05) is 6.92 Å². The monoisotopic (exact) mass is 282 g/mol. The lowest BCUT2D eigenvalue weighted by molar-refractivity contribution is 0.292. The van der Waals surface area contributed by atoms with Crippen LogP contribution in [0.2, 0.25) is 0 Å². The Morgan fingerprint density at radius 1 is 1.15 bits per heavy atom. The molecule has 0 atom stereocenters. The molecule has 0 radical (unpaired) electrons. The second-order valence-corrected chi connectivity index (χ2v) is 4.46. The first kappa shape index (κ1) is 16.4. The molecule has 0 fully saturated rings. The van der Waals surface area contributed by atoms with E-state index >= 15 is 0 Å². The van der Waals surface area contributed by atoms with Crippen LogP contribution in [-0.4, -0.2) is 52.6 Å². The Labute approximate surface area is 121 Å². The highest BCUT2D eigenvalue weighted by atomic mass is 16.5. The summed E-state index contributed by atoms with van der Waals surface area (Å²) in [4.78, 5) is 14.5. The first-order chi connectivity index (χ1) is 9.69. The molecule has 0 aliphatic heterocycles. The number of ether oxygens (including phenoxy) is 1. The number of nitrogens with one attached hydrogen (secondary N) is 1. The number of hydrogen-bond donors (Lipinski definition) is 2. The molecule has 1 aromatic heterocycles. The van der Waals surface area contributed by atoms with Crippen LogP contribution in [0.15, 0.2) is 0 Å². The Kier molecular flexibility index (Phi) is 7.64. The summed E-state index contributed by atoms with van der Waals surface area (Å²) in [6.07, 6.45) is 1.93. The van der Waals surface area contributed by atoms with Gasteiger partial charge in [-0.2, -0.15) is 15.0 Å². The molecule has 0 amide bonds. The van der Waals surface area contributed by atoms with E-state index in [-0.39, 0.29) is 12.0 Å². The maximum Gasteiger partial charge on any atom is 0.323 e. The molecule has 114 valence electrons. The zero-order chi connectivity index (χ0) is 14.8. The molecule has 0 saturated carbocycles. The maximum absolute atomic E-state index is 5.64. The summed E-state index contributed by atoms with van der Waals surface area (Å²) in [5.41, 5.74) is 5.64. The van der Waals surface area contributed by atoms with Crippen molar-refractivity contribution in [2.24, 2.45) is 0 Å². The molecule has 7 nitrogen and oxygen atoms in total. The van der Waals surface area contributed by atoms with Crippen molar-refractivity contribution in [1.82, 2.24) is 19.9 Å². The summed E-state index contributed by atoms with van der Waals surface area (Å²) in [5.74, 6) is 0.653. The van der Waals surface area contributed by atoms with Gasteiger partial charge in [-0.3, -0.25) is 0 Å². The summed E-state index contributed by atoms with van der Waals surface area (Å²) in [7, 11) is 0. The fraction of sp³-hybridized carbons (Fsp3) is 0.769. The highest BCUT2D eigenvalue weighted by Crippen LogP contribution is 2.09. The fourth-order valence-corrected chi connectivity index (χ4v) is 1.75. The molecule has 0 bridgehead atoms. The molecule has 0 spiro atoms. The van der Waals surface area contributed by atoms with Crippen molar-refractivity contribution in [3.05, 3.63) is 0 Å². The smallest absolute Gasteiger partial charge is 0.323 e. The number of nitrogens with zero attached hydrogens (tertiary/aromatic N) is 4. The van der Waals surface area contributed by atoms with Gasteiger partial charge in [0.05, 0.1) is 6.61 Å². The third-order valence-corrected chi connectivity index (χ3v) is 2.90. The highest BCUT2D eigenvalue weighted by molar-refractivity contribution is 5.32. The molecular formula is C13H26N6O. The molecule has 0 saturated heterocycles. The van der Waals surface area contributed by atoms with Crippen LogP contribution in [0.25, 0.3) is 0 Å². The van der Waals surface area contributed by atoms with Crippen molar-refractivity contribution in [3.63, 3.8) is 0 Å². The lowest BCUT2D eigenvalue weighted by Gasteiger charge is -2.17. The fourth-order valence-electron chi connectivity index (χ4n) is 1.75. The molecule has 3 N–H and O–H groups in total. The van der Waals surface area contributed by atoms with Crippen molar-refractivity contribution >= 4 is 11.9 Å². The zero-order valence-corrected chi connectivity index (χ0v) is 12.7. The van der Waals surface area contributed by atoms with Crippen LogP contribution < -0.4 is 15.8 Å². The predicted octanol–water partition coefficient (Wildman–Crippen LogP) is 1.39. The zero-order valence-electron chi connectivity index (χ0n) is 12.7. The van der Waals surface area contributed by atoms with Crippen molar-refractivity contribution in [3.8, 4) is 6.01 Å². The second kappa shape index (κ2) is 9.30. The quantitative estimate of drug-likeness (QED) is 0.627. The molecule has 20 heavy (non-hydrogen) atoms. The van der Waals surface area contributed by atoms with Gasteiger partial charge < -0.3 is 20.7 Å². The third kappa shape index (κ3) is 6.01. The van der Waals surface area contributed by atoms with E-state index in [0.717, 1.165) is 39.0 Å². The topological polar surface area (TPSA) is 89.2 Å². The van der Waals surface area contributed by atoms with E-state index in [0.29, 0.717) is 12.6 Å². The summed E-state index contributed by atoms with van der Waals surface area (Å²) in [6, 6.07) is 0.283. The second-order valence-electron chi connectivity index (χ2n) is 4.46. The molecule has 0 aliphatic carbocycles. The maximum atomic E-state index is 5.64. The van der Waals surface area contributed by atoms with Gasteiger partial charge in [-0.1, -0.05) is 20.8 Å². The van der Waals surface area contributed by atoms with Crippen LogP contribution in [0.1, 0.15) is 33.6 Å². The van der Waals surface area contributed by atoms with E-state index in [9.17, 15) is 0 Å². The SMILES string of the molecule is CCCOc1nc(N)nc(NCCCN(CC)CC)n1. The van der Waals surface area contributed by atoms with Crippen molar-refractivity contribution in [1.29, 1.82) is 0 Å². The van der Waals surface area contributed by atoms with Gasteiger partial charge in [0.15, 0.2) is 0 Å². The average Bonchev–Trinajstić information content (AvgIpc) is 2.45. The molecule has 0 aliphatic rings. The largest absolute Gasteiger partial charge is 0.463 e. The first-order valence-corrected chi connectivity index (χ1v) is 7.30. The Morgan fingerprint density at radius 3 is 2.55 bits per heavy atom. The average molecular weight is 282 g/mol. The summed E-state index contributed by atoms with van der Waals surface area (Å²) in [5, 5.41) is 3.16. The van der Waals surface area contributed by atoms with Crippen molar-refractivity contribution < 1.29 is 4.74 Å². The van der Waals surface area contributed by atoms with Crippen molar-refractivity contribution in [2.45, 2.75) is 33.6 Å². The number of rotatable bonds is 10. The first-order valence-electron chi connectivity index (χ1n) is 7.30. The molecular weight excluding hydrogens is 256 g/mol. The predicted molar refractivity (Wildman–Crippen MR) is 80.9 cm³/mol. The summed E-state index contributed by atoms with van der Waals surface area (Å²) >= 11 is 0. The normalized spacial score (nSPS) is 10.8. The Balaban J connectivity index is 2.41. The third-order valence-electron chi connectivity index (χ3n) is 2.90. The molecule has 7 heteroatoms. The number of anilines is 2. The van der Waals surface area contributed by atoms with Gasteiger partial charge in [-0.05, 0) is 32.5 Å². The lowest BCUT2D eigenvalue weighted by atomic mass is 10.3. The summed E-state index contributed by atoms with van der Waals surface area (Å²) < 4.78 is 5.37. The van der Waals surface area contributed by atoms with E-state index < -0.39 is 0 Å². The van der Waals surface area contributed by atoms with Gasteiger partial charge in [0.2, 0.25) is 11.9 Å². The van der Waals surface area contributed by atoms with Crippen molar-refractivity contribution in [2.75, 3.05) is 43.8 Å². The van der Waals surface area contributed by atoms with E-state index in [2.05, 4.69) is 39.0 Å².